The molecular weight excluding hydrogens is 305 g/mol. The number of hydrogen-bond acceptors (Lipinski definition) is 4. The summed E-state index contributed by atoms with van der Waals surface area (Å²) in [4.78, 5) is 34.4. The Morgan fingerprint density at radius 2 is 2.00 bits per heavy atom. The quantitative estimate of drug-likeness (QED) is 0.744. The van der Waals surface area contributed by atoms with Gasteiger partial charge in [0.05, 0.1) is 11.8 Å². The van der Waals surface area contributed by atoms with Gasteiger partial charge in [0.2, 0.25) is 5.91 Å². The molecule has 4 N–H and O–H groups in total. The Balaban J connectivity index is 1.84. The maximum atomic E-state index is 13.3. The van der Waals surface area contributed by atoms with Gasteiger partial charge in [-0.3, -0.25) is 14.4 Å². The lowest BCUT2D eigenvalue weighted by Gasteiger charge is -2.07. The summed E-state index contributed by atoms with van der Waals surface area (Å²) in [6.07, 6.45) is 1.36. The Labute approximate surface area is 130 Å². The summed E-state index contributed by atoms with van der Waals surface area (Å²) in [6.45, 7) is 0.0925. The number of nitrogens with one attached hydrogen (secondary N) is 2. The van der Waals surface area contributed by atoms with Crippen molar-refractivity contribution in [2.24, 2.45) is 5.73 Å². The van der Waals surface area contributed by atoms with Crippen LogP contribution in [0.15, 0.2) is 41.0 Å². The summed E-state index contributed by atoms with van der Waals surface area (Å²) in [5, 5.41) is 5.00. The lowest BCUT2D eigenvalue weighted by atomic mass is 10.1. The molecule has 8 heteroatoms. The van der Waals surface area contributed by atoms with Crippen molar-refractivity contribution in [1.29, 1.82) is 0 Å². The molecule has 0 atom stereocenters. The van der Waals surface area contributed by atoms with Crippen LogP contribution in [0.2, 0.25) is 0 Å². The molecule has 0 aliphatic carbocycles. The van der Waals surface area contributed by atoms with Gasteiger partial charge in [-0.25, -0.2) is 4.39 Å². The molecule has 120 valence electrons. The number of carbonyl (C=O) groups is 3. The highest BCUT2D eigenvalue weighted by Crippen LogP contribution is 2.14. The number of nitrogens with two attached hydrogens (primary N) is 1. The van der Waals surface area contributed by atoms with Crippen molar-refractivity contribution in [2.45, 2.75) is 6.42 Å². The third-order valence-corrected chi connectivity index (χ3v) is 2.90. The molecule has 1 aromatic heterocycles. The van der Waals surface area contributed by atoms with Crippen molar-refractivity contribution in [1.82, 2.24) is 5.32 Å². The number of rotatable bonds is 6. The van der Waals surface area contributed by atoms with Crippen LogP contribution in [0.25, 0.3) is 0 Å². The molecule has 7 nitrogen and oxygen atoms in total. The number of amides is 3. The summed E-state index contributed by atoms with van der Waals surface area (Å²) in [6, 6.07) is 6.57. The normalized spacial score (nSPS) is 10.1. The fourth-order valence-corrected chi connectivity index (χ4v) is 1.80. The van der Waals surface area contributed by atoms with Crippen molar-refractivity contribution in [3.63, 3.8) is 0 Å². The molecule has 1 aromatic carbocycles. The highest BCUT2D eigenvalue weighted by molar-refractivity contribution is 5.97. The van der Waals surface area contributed by atoms with Gasteiger partial charge in [0.15, 0.2) is 5.76 Å². The second kappa shape index (κ2) is 7.21. The van der Waals surface area contributed by atoms with Crippen molar-refractivity contribution in [3.8, 4) is 0 Å². The lowest BCUT2D eigenvalue weighted by molar-refractivity contribution is -0.116. The van der Waals surface area contributed by atoms with E-state index in [2.05, 4.69) is 10.6 Å². The number of furan rings is 1. The Kier molecular flexibility index (Phi) is 5.08. The van der Waals surface area contributed by atoms with Crippen molar-refractivity contribution in [2.75, 3.05) is 11.9 Å². The Morgan fingerprint density at radius 1 is 1.22 bits per heavy atom. The van der Waals surface area contributed by atoms with E-state index in [-0.39, 0.29) is 30.0 Å². The fraction of sp³-hybridized carbons (Fsp3) is 0.133. The smallest absolute Gasteiger partial charge is 0.286 e. The van der Waals surface area contributed by atoms with E-state index in [0.717, 1.165) is 12.1 Å². The number of halogens is 1. The first-order chi connectivity index (χ1) is 11.0. The number of benzene rings is 1. The van der Waals surface area contributed by atoms with E-state index in [0.29, 0.717) is 0 Å². The van der Waals surface area contributed by atoms with E-state index < -0.39 is 23.5 Å². The summed E-state index contributed by atoms with van der Waals surface area (Å²) in [7, 11) is 0. The molecule has 0 aliphatic heterocycles. The SMILES string of the molecule is NC(=O)c1cc(NC(=O)CCNC(=O)c2ccco2)ccc1F. The predicted molar refractivity (Wildman–Crippen MR) is 79.2 cm³/mol. The lowest BCUT2D eigenvalue weighted by Crippen LogP contribution is -2.27. The van der Waals surface area contributed by atoms with E-state index in [1.807, 2.05) is 0 Å². The molecule has 2 aromatic rings. The Morgan fingerprint density at radius 3 is 2.65 bits per heavy atom. The van der Waals surface area contributed by atoms with Gasteiger partial charge in [-0.2, -0.15) is 0 Å². The Hall–Kier alpha value is -3.16. The van der Waals surface area contributed by atoms with Gasteiger partial charge < -0.3 is 20.8 Å². The fourth-order valence-electron chi connectivity index (χ4n) is 1.80. The van der Waals surface area contributed by atoms with Crippen molar-refractivity contribution >= 4 is 23.4 Å². The van der Waals surface area contributed by atoms with E-state index >= 15 is 0 Å². The molecule has 23 heavy (non-hydrogen) atoms. The summed E-state index contributed by atoms with van der Waals surface area (Å²) in [5.41, 5.74) is 4.95. The van der Waals surface area contributed by atoms with Crippen LogP contribution in [0.5, 0.6) is 0 Å². The van der Waals surface area contributed by atoms with Crippen LogP contribution < -0.4 is 16.4 Å². The molecule has 2 rings (SSSR count). The van der Waals surface area contributed by atoms with Gasteiger partial charge in [-0.05, 0) is 30.3 Å². The van der Waals surface area contributed by atoms with E-state index in [1.165, 1.54) is 18.4 Å². The van der Waals surface area contributed by atoms with Crippen LogP contribution in [0.3, 0.4) is 0 Å². The van der Waals surface area contributed by atoms with E-state index in [9.17, 15) is 18.8 Å². The average molecular weight is 319 g/mol. The molecule has 3 amide bonds. The molecule has 0 spiro atoms. The van der Waals surface area contributed by atoms with Crippen LogP contribution in [0.4, 0.5) is 10.1 Å². The zero-order valence-electron chi connectivity index (χ0n) is 12.0. The second-order valence-electron chi connectivity index (χ2n) is 4.59. The van der Waals surface area contributed by atoms with Crippen LogP contribution in [0.1, 0.15) is 27.3 Å². The first-order valence-corrected chi connectivity index (χ1v) is 6.68. The first-order valence-electron chi connectivity index (χ1n) is 6.68. The minimum absolute atomic E-state index is 0.00424. The van der Waals surface area contributed by atoms with Gasteiger partial charge in [0.25, 0.3) is 11.8 Å². The molecule has 0 aliphatic rings. The number of carbonyl (C=O) groups excluding carboxylic acids is 3. The molecule has 0 radical (unpaired) electrons. The van der Waals surface area contributed by atoms with Crippen LogP contribution >= 0.6 is 0 Å². The molecule has 0 fully saturated rings. The van der Waals surface area contributed by atoms with Gasteiger partial charge in [0, 0.05) is 18.7 Å². The Bertz CT molecular complexity index is 728. The zero-order valence-corrected chi connectivity index (χ0v) is 12.0. The number of anilines is 1. The third-order valence-electron chi connectivity index (χ3n) is 2.90. The van der Waals surface area contributed by atoms with Crippen LogP contribution in [-0.2, 0) is 4.79 Å². The van der Waals surface area contributed by atoms with Gasteiger partial charge >= 0.3 is 0 Å². The van der Waals surface area contributed by atoms with Crippen LogP contribution in [0, 0.1) is 5.82 Å². The van der Waals surface area contributed by atoms with E-state index in [1.54, 1.807) is 6.07 Å². The van der Waals surface area contributed by atoms with Crippen molar-refractivity contribution < 1.29 is 23.2 Å². The molecule has 1 heterocycles. The second-order valence-corrected chi connectivity index (χ2v) is 4.59. The first kappa shape index (κ1) is 16.2. The van der Waals surface area contributed by atoms with E-state index in [4.69, 9.17) is 10.2 Å². The topological polar surface area (TPSA) is 114 Å². The standard InChI is InChI=1S/C15H14FN3O4/c16-11-4-3-9(8-10(11)14(17)21)19-13(20)5-6-18-15(22)12-2-1-7-23-12/h1-4,7-8H,5-6H2,(H2,17,21)(H,18,22)(H,19,20). The summed E-state index contributed by atoms with van der Waals surface area (Å²) >= 11 is 0. The molecular formula is C15H14FN3O4. The average Bonchev–Trinajstić information content (AvgIpc) is 3.03. The molecule has 0 saturated carbocycles. The van der Waals surface area contributed by atoms with Gasteiger partial charge in [-0.15, -0.1) is 0 Å². The highest BCUT2D eigenvalue weighted by Gasteiger charge is 2.11. The van der Waals surface area contributed by atoms with Crippen LogP contribution in [-0.4, -0.2) is 24.3 Å². The predicted octanol–water partition coefficient (Wildman–Crippen LogP) is 1.28. The summed E-state index contributed by atoms with van der Waals surface area (Å²) < 4.78 is 18.2. The number of hydrogen-bond donors (Lipinski definition) is 3. The number of primary amides is 1. The maximum Gasteiger partial charge on any atom is 0.286 e. The largest absolute Gasteiger partial charge is 0.459 e. The minimum Gasteiger partial charge on any atom is -0.459 e. The minimum atomic E-state index is -0.927. The van der Waals surface area contributed by atoms with Gasteiger partial charge in [0.1, 0.15) is 5.82 Å². The maximum absolute atomic E-state index is 13.3. The third kappa shape index (κ3) is 4.40. The molecule has 0 bridgehead atoms. The molecule has 0 saturated heterocycles. The summed E-state index contributed by atoms with van der Waals surface area (Å²) in [5.74, 6) is -2.38. The monoisotopic (exact) mass is 319 g/mol. The highest BCUT2D eigenvalue weighted by atomic mass is 19.1. The van der Waals surface area contributed by atoms with Gasteiger partial charge in [-0.1, -0.05) is 0 Å². The zero-order chi connectivity index (χ0) is 16.8. The molecule has 0 unspecified atom stereocenters. The van der Waals surface area contributed by atoms with Crippen molar-refractivity contribution in [3.05, 3.63) is 53.7 Å².